The minimum absolute atomic E-state index is 0.00128. The van der Waals surface area contributed by atoms with Gasteiger partial charge in [0, 0.05) is 17.8 Å². The zero-order valence-electron chi connectivity index (χ0n) is 17.5. The predicted octanol–water partition coefficient (Wildman–Crippen LogP) is 3.06. The van der Waals surface area contributed by atoms with E-state index in [0.717, 1.165) is 17.7 Å². The summed E-state index contributed by atoms with van der Waals surface area (Å²) in [6.45, 7) is 3.65. The molecule has 160 valence electrons. The van der Waals surface area contributed by atoms with Crippen LogP contribution in [-0.4, -0.2) is 48.4 Å². The van der Waals surface area contributed by atoms with Crippen LogP contribution in [0.3, 0.4) is 0 Å². The Morgan fingerprint density at radius 2 is 1.87 bits per heavy atom. The van der Waals surface area contributed by atoms with Crippen LogP contribution in [0.25, 0.3) is 0 Å². The van der Waals surface area contributed by atoms with Gasteiger partial charge in [-0.1, -0.05) is 25.1 Å². The van der Waals surface area contributed by atoms with E-state index in [0.29, 0.717) is 5.75 Å². The van der Waals surface area contributed by atoms with Crippen LogP contribution in [-0.2, 0) is 16.0 Å². The molecule has 0 unspecified atom stereocenters. The molecular weight excluding hydrogens is 388 g/mol. The number of rotatable bonds is 9. The second kappa shape index (κ2) is 10.4. The molecule has 2 amide bonds. The second-order valence-electron chi connectivity index (χ2n) is 6.78. The van der Waals surface area contributed by atoms with Crippen LogP contribution in [0, 0.1) is 10.1 Å². The molecule has 0 aliphatic heterocycles. The Bertz CT molecular complexity index is 931. The maximum absolute atomic E-state index is 12.6. The Labute approximate surface area is 175 Å². The van der Waals surface area contributed by atoms with E-state index >= 15 is 0 Å². The molecule has 0 heterocycles. The Morgan fingerprint density at radius 3 is 2.50 bits per heavy atom. The molecule has 2 N–H and O–H groups in total. The standard InChI is InChI=1S/C21H26N4O5/c1-5-15-8-6-7-9-17(15)22-20(26)13-24(3)14(2)21(27)23-18-12-16(25(28)29)10-11-19(18)30-4/h6-12,14H,5,13H2,1-4H3,(H,22,26)(H,23,27)/t14-/m0/s1. The molecule has 9 heteroatoms. The fourth-order valence-electron chi connectivity index (χ4n) is 2.85. The van der Waals surface area contributed by atoms with Crippen molar-refractivity contribution in [1.82, 2.24) is 4.90 Å². The highest BCUT2D eigenvalue weighted by Gasteiger charge is 2.22. The van der Waals surface area contributed by atoms with Crippen molar-refractivity contribution >= 4 is 28.9 Å². The highest BCUT2D eigenvalue weighted by molar-refractivity contribution is 5.97. The largest absolute Gasteiger partial charge is 0.495 e. The van der Waals surface area contributed by atoms with Crippen LogP contribution < -0.4 is 15.4 Å². The number of ether oxygens (including phenoxy) is 1. The number of non-ortho nitro benzene ring substituents is 1. The van der Waals surface area contributed by atoms with Gasteiger partial charge in [-0.15, -0.1) is 0 Å². The maximum Gasteiger partial charge on any atom is 0.271 e. The minimum atomic E-state index is -0.666. The number of nitrogens with zero attached hydrogens (tertiary/aromatic N) is 2. The Morgan fingerprint density at radius 1 is 1.17 bits per heavy atom. The molecule has 0 aromatic heterocycles. The Kier molecular flexibility index (Phi) is 7.88. The molecule has 0 radical (unpaired) electrons. The van der Waals surface area contributed by atoms with E-state index < -0.39 is 16.9 Å². The SMILES string of the molecule is CCc1ccccc1NC(=O)CN(C)[C@@H](C)C(=O)Nc1cc([N+](=O)[O-])ccc1OC. The Hall–Kier alpha value is -3.46. The van der Waals surface area contributed by atoms with Gasteiger partial charge in [0.1, 0.15) is 5.75 Å². The molecule has 9 nitrogen and oxygen atoms in total. The van der Waals surface area contributed by atoms with Crippen LogP contribution in [0.4, 0.5) is 17.1 Å². The summed E-state index contributed by atoms with van der Waals surface area (Å²) in [6.07, 6.45) is 0.788. The van der Waals surface area contributed by atoms with Gasteiger partial charge < -0.3 is 15.4 Å². The van der Waals surface area contributed by atoms with E-state index in [1.807, 2.05) is 31.2 Å². The summed E-state index contributed by atoms with van der Waals surface area (Å²) in [4.78, 5) is 37.1. The predicted molar refractivity (Wildman–Crippen MR) is 115 cm³/mol. The van der Waals surface area contributed by atoms with Crippen LogP contribution in [0.5, 0.6) is 5.75 Å². The van der Waals surface area contributed by atoms with Gasteiger partial charge in [0.15, 0.2) is 0 Å². The van der Waals surface area contributed by atoms with Crippen LogP contribution >= 0.6 is 0 Å². The molecule has 2 rings (SSSR count). The van der Waals surface area contributed by atoms with Crippen molar-refractivity contribution in [2.24, 2.45) is 0 Å². The number of anilines is 2. The van der Waals surface area contributed by atoms with Crippen molar-refractivity contribution in [3.63, 3.8) is 0 Å². The third-order valence-electron chi connectivity index (χ3n) is 4.76. The third-order valence-corrected chi connectivity index (χ3v) is 4.76. The fraction of sp³-hybridized carbons (Fsp3) is 0.333. The van der Waals surface area contributed by atoms with Crippen molar-refractivity contribution in [1.29, 1.82) is 0 Å². The van der Waals surface area contributed by atoms with Gasteiger partial charge in [-0.3, -0.25) is 24.6 Å². The highest BCUT2D eigenvalue weighted by Crippen LogP contribution is 2.29. The third kappa shape index (κ3) is 5.77. The highest BCUT2D eigenvalue weighted by atomic mass is 16.6. The molecular formula is C21H26N4O5. The first-order chi connectivity index (χ1) is 14.3. The summed E-state index contributed by atoms with van der Waals surface area (Å²) < 4.78 is 5.16. The van der Waals surface area contributed by atoms with Crippen molar-refractivity contribution in [3.8, 4) is 5.75 Å². The smallest absolute Gasteiger partial charge is 0.271 e. The first-order valence-electron chi connectivity index (χ1n) is 9.48. The maximum atomic E-state index is 12.6. The summed E-state index contributed by atoms with van der Waals surface area (Å²) in [5.74, 6) is -0.359. The van der Waals surface area contributed by atoms with E-state index in [4.69, 9.17) is 4.74 Å². The summed E-state index contributed by atoms with van der Waals surface area (Å²) in [5, 5.41) is 16.5. The number of carbonyl (C=O) groups is 2. The normalized spacial score (nSPS) is 11.6. The molecule has 0 aliphatic rings. The van der Waals surface area contributed by atoms with Crippen molar-refractivity contribution in [2.45, 2.75) is 26.3 Å². The average molecular weight is 414 g/mol. The number of hydrogen-bond donors (Lipinski definition) is 2. The van der Waals surface area contributed by atoms with Gasteiger partial charge >= 0.3 is 0 Å². The van der Waals surface area contributed by atoms with Gasteiger partial charge in [-0.25, -0.2) is 0 Å². The van der Waals surface area contributed by atoms with Gasteiger partial charge in [0.25, 0.3) is 5.69 Å². The van der Waals surface area contributed by atoms with Gasteiger partial charge in [0.05, 0.1) is 30.3 Å². The minimum Gasteiger partial charge on any atom is -0.495 e. The van der Waals surface area contributed by atoms with Gasteiger partial charge in [0.2, 0.25) is 11.8 Å². The number of hydrogen-bond acceptors (Lipinski definition) is 6. The lowest BCUT2D eigenvalue weighted by atomic mass is 10.1. The van der Waals surface area contributed by atoms with Crippen molar-refractivity contribution in [3.05, 3.63) is 58.1 Å². The summed E-state index contributed by atoms with van der Waals surface area (Å²) in [5.41, 5.74) is 1.80. The fourth-order valence-corrected chi connectivity index (χ4v) is 2.85. The Balaban J connectivity index is 2.03. The molecule has 0 spiro atoms. The number of nitro benzene ring substituents is 1. The summed E-state index contributed by atoms with van der Waals surface area (Å²) in [6, 6.07) is 10.8. The van der Waals surface area contributed by atoms with E-state index in [9.17, 15) is 19.7 Å². The lowest BCUT2D eigenvalue weighted by Gasteiger charge is -2.24. The van der Waals surface area contributed by atoms with Crippen LogP contribution in [0.1, 0.15) is 19.4 Å². The van der Waals surface area contributed by atoms with E-state index in [2.05, 4.69) is 10.6 Å². The van der Waals surface area contributed by atoms with Crippen LogP contribution in [0.15, 0.2) is 42.5 Å². The van der Waals surface area contributed by atoms with Gasteiger partial charge in [-0.2, -0.15) is 0 Å². The molecule has 0 aliphatic carbocycles. The van der Waals surface area contributed by atoms with Crippen LogP contribution in [0.2, 0.25) is 0 Å². The molecule has 0 fully saturated rings. The van der Waals surface area contributed by atoms with Crippen molar-refractivity contribution < 1.29 is 19.2 Å². The van der Waals surface area contributed by atoms with E-state index in [1.165, 1.54) is 25.3 Å². The quantitative estimate of drug-likeness (QED) is 0.482. The number of likely N-dealkylation sites (N-methyl/N-ethyl adjacent to an activating group) is 1. The van der Waals surface area contributed by atoms with Crippen molar-refractivity contribution in [2.75, 3.05) is 31.3 Å². The number of aryl methyl sites for hydroxylation is 1. The lowest BCUT2D eigenvalue weighted by Crippen LogP contribution is -2.43. The number of amides is 2. The summed E-state index contributed by atoms with van der Waals surface area (Å²) in [7, 11) is 3.06. The number of nitro groups is 1. The number of carbonyl (C=O) groups excluding carboxylic acids is 2. The zero-order chi connectivity index (χ0) is 22.3. The molecule has 30 heavy (non-hydrogen) atoms. The summed E-state index contributed by atoms with van der Waals surface area (Å²) >= 11 is 0. The number of nitrogens with one attached hydrogen (secondary N) is 2. The first-order valence-corrected chi connectivity index (χ1v) is 9.48. The monoisotopic (exact) mass is 414 g/mol. The molecule has 1 atom stereocenters. The number of methoxy groups -OCH3 is 1. The van der Waals surface area contributed by atoms with E-state index in [-0.39, 0.29) is 23.8 Å². The second-order valence-corrected chi connectivity index (χ2v) is 6.78. The lowest BCUT2D eigenvalue weighted by molar-refractivity contribution is -0.384. The first kappa shape index (κ1) is 22.8. The molecule has 0 bridgehead atoms. The van der Waals surface area contributed by atoms with E-state index in [1.54, 1.807) is 18.9 Å². The molecule has 0 saturated carbocycles. The molecule has 2 aromatic carbocycles. The average Bonchev–Trinajstić information content (AvgIpc) is 2.73. The number of para-hydroxylation sites is 1. The molecule has 2 aromatic rings. The topological polar surface area (TPSA) is 114 Å². The molecule has 0 saturated heterocycles. The van der Waals surface area contributed by atoms with Gasteiger partial charge in [-0.05, 0) is 38.1 Å². The zero-order valence-corrected chi connectivity index (χ0v) is 17.5. The number of benzene rings is 2.